The number of pyridine rings is 1. The number of rotatable bonds is 4. The molecule has 1 aromatic carbocycles. The number of carbonyl (C=O) groups is 1. The number of hydrogen-bond acceptors (Lipinski definition) is 3. The minimum Gasteiger partial charge on any atom is -0.287 e. The third-order valence-electron chi connectivity index (χ3n) is 3.06. The zero-order valence-corrected chi connectivity index (χ0v) is 11.4. The quantitative estimate of drug-likeness (QED) is 0.371. The van der Waals surface area contributed by atoms with Gasteiger partial charge in [0, 0.05) is 28.8 Å². The first-order valence-electron chi connectivity index (χ1n) is 6.21. The van der Waals surface area contributed by atoms with Crippen molar-refractivity contribution >= 4 is 11.5 Å². The Labute approximate surface area is 116 Å². The molecule has 2 rings (SSSR count). The molecular weight excluding hydrogens is 256 g/mol. The Morgan fingerprint density at radius 1 is 1.30 bits per heavy atom. The number of nitrogens with zero attached hydrogens (tertiary/aromatic N) is 2. The Bertz CT molecular complexity index is 681. The van der Waals surface area contributed by atoms with Gasteiger partial charge in [-0.25, -0.2) is 0 Å². The maximum atomic E-state index is 12.2. The maximum absolute atomic E-state index is 12.2. The summed E-state index contributed by atoms with van der Waals surface area (Å²) in [5, 5.41) is 10.9. The molecule has 0 fully saturated rings. The second-order valence-electron chi connectivity index (χ2n) is 4.74. The van der Waals surface area contributed by atoms with Gasteiger partial charge >= 0.3 is 0 Å². The summed E-state index contributed by atoms with van der Waals surface area (Å²) in [4.78, 5) is 22.6. The monoisotopic (exact) mass is 271 g/mol. The van der Waals surface area contributed by atoms with Crippen LogP contribution < -0.4 is 4.57 Å². The predicted molar refractivity (Wildman–Crippen MR) is 73.5 cm³/mol. The van der Waals surface area contributed by atoms with Crippen LogP contribution in [0.4, 0.5) is 5.69 Å². The van der Waals surface area contributed by atoms with E-state index >= 15 is 0 Å². The van der Waals surface area contributed by atoms with Crippen molar-refractivity contribution in [1.82, 2.24) is 0 Å². The Morgan fingerprint density at radius 3 is 2.70 bits per heavy atom. The van der Waals surface area contributed by atoms with Gasteiger partial charge in [-0.2, -0.15) is 4.57 Å². The lowest BCUT2D eigenvalue weighted by atomic mass is 10.1. The fourth-order valence-electron chi connectivity index (χ4n) is 1.99. The minimum absolute atomic E-state index is 0.0231. The van der Waals surface area contributed by atoms with Crippen LogP contribution >= 0.6 is 0 Å². The Kier molecular flexibility index (Phi) is 3.89. The van der Waals surface area contributed by atoms with Crippen molar-refractivity contribution in [2.75, 3.05) is 0 Å². The molecule has 1 heterocycles. The van der Waals surface area contributed by atoms with Crippen molar-refractivity contribution in [2.45, 2.75) is 20.4 Å². The van der Waals surface area contributed by atoms with Crippen molar-refractivity contribution in [2.24, 2.45) is 0 Å². The molecule has 5 nitrogen and oxygen atoms in total. The fourth-order valence-corrected chi connectivity index (χ4v) is 1.99. The van der Waals surface area contributed by atoms with E-state index < -0.39 is 4.92 Å². The molecule has 0 bridgehead atoms. The summed E-state index contributed by atoms with van der Waals surface area (Å²) in [6.07, 6.45) is 3.66. The minimum atomic E-state index is -0.466. The zero-order valence-electron chi connectivity index (χ0n) is 11.4. The number of hydrogen-bond donors (Lipinski definition) is 0. The number of benzene rings is 1. The van der Waals surface area contributed by atoms with Gasteiger partial charge in [0.25, 0.3) is 5.69 Å². The van der Waals surface area contributed by atoms with Gasteiger partial charge in [0.05, 0.1) is 4.92 Å². The molecule has 0 amide bonds. The molecule has 0 unspecified atom stereocenters. The molecule has 5 heteroatoms. The molecule has 0 aliphatic rings. The van der Waals surface area contributed by atoms with E-state index in [9.17, 15) is 14.9 Å². The summed E-state index contributed by atoms with van der Waals surface area (Å²) in [5.74, 6) is -0.149. The number of ketones is 1. The molecule has 0 spiro atoms. The molecule has 0 radical (unpaired) electrons. The van der Waals surface area contributed by atoms with Crippen molar-refractivity contribution in [3.63, 3.8) is 0 Å². The van der Waals surface area contributed by atoms with Gasteiger partial charge in [0.2, 0.25) is 12.3 Å². The second kappa shape index (κ2) is 5.61. The fraction of sp³-hybridized carbons (Fsp3) is 0.200. The van der Waals surface area contributed by atoms with E-state index in [2.05, 4.69) is 0 Å². The van der Waals surface area contributed by atoms with Crippen LogP contribution in [-0.2, 0) is 6.54 Å². The van der Waals surface area contributed by atoms with Crippen LogP contribution in [0.1, 0.15) is 21.5 Å². The highest BCUT2D eigenvalue weighted by Gasteiger charge is 2.17. The molecule has 0 N–H and O–H groups in total. The van der Waals surface area contributed by atoms with E-state index in [1.807, 2.05) is 25.3 Å². The highest BCUT2D eigenvalue weighted by molar-refractivity contribution is 5.95. The van der Waals surface area contributed by atoms with E-state index in [1.165, 1.54) is 6.07 Å². The lowest BCUT2D eigenvalue weighted by molar-refractivity contribution is -0.683. The van der Waals surface area contributed by atoms with Gasteiger partial charge in [-0.1, -0.05) is 12.1 Å². The van der Waals surface area contributed by atoms with Crippen molar-refractivity contribution in [1.29, 1.82) is 0 Å². The first-order chi connectivity index (χ1) is 9.47. The Hall–Kier alpha value is -2.56. The van der Waals surface area contributed by atoms with Gasteiger partial charge in [0.1, 0.15) is 0 Å². The Morgan fingerprint density at radius 2 is 2.05 bits per heavy atom. The molecule has 0 saturated carbocycles. The van der Waals surface area contributed by atoms with E-state index in [1.54, 1.807) is 29.8 Å². The predicted octanol–water partition coefficient (Wildman–Crippen LogP) is 2.38. The largest absolute Gasteiger partial charge is 0.287 e. The molecular formula is C15H15N2O3+. The highest BCUT2D eigenvalue weighted by atomic mass is 16.6. The van der Waals surface area contributed by atoms with Crippen LogP contribution in [-0.4, -0.2) is 10.7 Å². The molecule has 2 aromatic rings. The van der Waals surface area contributed by atoms with E-state index in [0.717, 1.165) is 5.56 Å². The first kappa shape index (κ1) is 13.9. The van der Waals surface area contributed by atoms with Crippen molar-refractivity contribution in [3.05, 3.63) is 69.5 Å². The van der Waals surface area contributed by atoms with Crippen LogP contribution in [0.3, 0.4) is 0 Å². The summed E-state index contributed by atoms with van der Waals surface area (Å²) in [6, 6.07) is 8.37. The van der Waals surface area contributed by atoms with Crippen molar-refractivity contribution in [3.8, 4) is 0 Å². The average molecular weight is 271 g/mol. The van der Waals surface area contributed by atoms with Crippen LogP contribution in [0.15, 0.2) is 42.7 Å². The molecule has 102 valence electrons. The third kappa shape index (κ3) is 3.06. The van der Waals surface area contributed by atoms with Crippen molar-refractivity contribution < 1.29 is 14.3 Å². The lowest BCUT2D eigenvalue weighted by Gasteiger charge is -2.01. The van der Waals surface area contributed by atoms with E-state index in [4.69, 9.17) is 0 Å². The number of nitro groups is 1. The van der Waals surface area contributed by atoms with Gasteiger partial charge in [-0.3, -0.25) is 14.9 Å². The smallest absolute Gasteiger partial charge is 0.273 e. The number of carbonyl (C=O) groups excluding carboxylic acids is 1. The first-order valence-corrected chi connectivity index (χ1v) is 6.21. The topological polar surface area (TPSA) is 64.1 Å². The molecule has 1 aromatic heterocycles. The summed E-state index contributed by atoms with van der Waals surface area (Å²) >= 11 is 0. The lowest BCUT2D eigenvalue weighted by Crippen LogP contribution is -2.37. The van der Waals surface area contributed by atoms with Gasteiger partial charge in [-0.05, 0) is 19.9 Å². The maximum Gasteiger partial charge on any atom is 0.273 e. The number of aryl methyl sites for hydroxylation is 2. The number of nitro benzene ring substituents is 1. The average Bonchev–Trinajstić information content (AvgIpc) is 2.38. The summed E-state index contributed by atoms with van der Waals surface area (Å²) in [6.45, 7) is 3.77. The normalized spacial score (nSPS) is 10.3. The zero-order chi connectivity index (χ0) is 14.7. The van der Waals surface area contributed by atoms with Crippen LogP contribution in [0.2, 0.25) is 0 Å². The molecule has 0 saturated heterocycles. The van der Waals surface area contributed by atoms with E-state index in [0.29, 0.717) is 11.1 Å². The van der Waals surface area contributed by atoms with Gasteiger partial charge < -0.3 is 0 Å². The standard InChI is InChI=1S/C15H15N2O3/c1-11-4-3-7-16(9-11)10-15(18)13-6-5-12(2)14(8-13)17(19)20/h3-9H,10H2,1-2H3/q+1. The van der Waals surface area contributed by atoms with Crippen LogP contribution in [0.25, 0.3) is 0 Å². The summed E-state index contributed by atoms with van der Waals surface area (Å²) in [7, 11) is 0. The second-order valence-corrected chi connectivity index (χ2v) is 4.74. The van der Waals surface area contributed by atoms with Crippen LogP contribution in [0.5, 0.6) is 0 Å². The molecule has 0 atom stereocenters. The SMILES string of the molecule is Cc1ccc[n+](CC(=O)c2ccc(C)c([N+](=O)[O-])c2)c1. The molecule has 0 aliphatic carbocycles. The third-order valence-corrected chi connectivity index (χ3v) is 3.06. The van der Waals surface area contributed by atoms with Gasteiger partial charge in [-0.15, -0.1) is 0 Å². The Balaban J connectivity index is 2.26. The summed E-state index contributed by atoms with van der Waals surface area (Å²) in [5.41, 5.74) is 1.94. The van der Waals surface area contributed by atoms with Gasteiger partial charge in [0.15, 0.2) is 12.4 Å². The summed E-state index contributed by atoms with van der Waals surface area (Å²) < 4.78 is 1.77. The van der Waals surface area contributed by atoms with E-state index in [-0.39, 0.29) is 18.0 Å². The molecule has 0 aliphatic heterocycles. The van der Waals surface area contributed by atoms with Crippen LogP contribution in [0, 0.1) is 24.0 Å². The number of Topliss-reactive ketones (excluding diaryl/α,β-unsaturated/α-hetero) is 1. The molecule has 20 heavy (non-hydrogen) atoms. The number of aromatic nitrogens is 1. The highest BCUT2D eigenvalue weighted by Crippen LogP contribution is 2.19.